The van der Waals surface area contributed by atoms with Gasteiger partial charge in [-0.3, -0.25) is 38.6 Å². The molecule has 0 aromatic rings. The summed E-state index contributed by atoms with van der Waals surface area (Å²) in [6.07, 6.45) is 0.297. The summed E-state index contributed by atoms with van der Waals surface area (Å²) in [6, 6.07) is -7.64. The number of nitrogens with zero attached hydrogens (tertiary/aromatic N) is 4. The molecule has 0 saturated carbocycles. The number of cyclic esters (lactones) is 1. The molecule has 0 radical (unpaired) electrons. The minimum Gasteiger partial charge on any atom is -0.461 e. The summed E-state index contributed by atoms with van der Waals surface area (Å²) in [4.78, 5) is 118. The van der Waals surface area contributed by atoms with Gasteiger partial charge in [-0.15, -0.1) is 11.8 Å². The first-order valence-electron chi connectivity index (χ1n) is 20.7. The molecular formula is C40H62N8O11S. The molecule has 2 fully saturated rings. The third-order valence-electron chi connectivity index (χ3n) is 11.2. The molecule has 2 bridgehead atoms. The van der Waals surface area contributed by atoms with Gasteiger partial charge in [0.1, 0.15) is 48.6 Å². The summed E-state index contributed by atoms with van der Waals surface area (Å²) in [6.45, 7) is 12.5. The van der Waals surface area contributed by atoms with Gasteiger partial charge < -0.3 is 50.9 Å². The molecule has 10 atom stereocenters. The van der Waals surface area contributed by atoms with Crippen LogP contribution in [0, 0.1) is 11.8 Å². The lowest BCUT2D eigenvalue weighted by Gasteiger charge is -2.48. The predicted molar refractivity (Wildman–Crippen MR) is 221 cm³/mol. The topological polar surface area (TPSA) is 256 Å². The summed E-state index contributed by atoms with van der Waals surface area (Å²) in [5.41, 5.74) is -0.0699. The van der Waals surface area contributed by atoms with Crippen LogP contribution in [0.3, 0.4) is 0 Å². The molecule has 0 aromatic carbocycles. The van der Waals surface area contributed by atoms with E-state index in [2.05, 4.69) is 26.3 Å². The zero-order valence-corrected chi connectivity index (χ0v) is 36.7. The number of piperidine rings is 1. The van der Waals surface area contributed by atoms with Crippen LogP contribution in [0.4, 0.5) is 0 Å². The number of fused-ring (bicyclic) bond motifs is 4. The largest absolute Gasteiger partial charge is 0.461 e. The second-order valence-electron chi connectivity index (χ2n) is 16.8. The molecule has 334 valence electrons. The Morgan fingerprint density at radius 3 is 2.18 bits per heavy atom. The van der Waals surface area contributed by atoms with Crippen molar-refractivity contribution in [3.05, 3.63) is 11.8 Å². The third kappa shape index (κ3) is 11.2. The lowest BCUT2D eigenvalue weighted by Crippen LogP contribution is -2.65. The van der Waals surface area contributed by atoms with Gasteiger partial charge in [0.15, 0.2) is 6.10 Å². The smallest absolute Gasteiger partial charge is 0.329 e. The highest BCUT2D eigenvalue weighted by molar-refractivity contribution is 8.14. The van der Waals surface area contributed by atoms with E-state index in [4.69, 9.17) is 4.74 Å². The Balaban J connectivity index is 1.68. The summed E-state index contributed by atoms with van der Waals surface area (Å²) in [7, 11) is 1.28. The Morgan fingerprint density at radius 1 is 0.900 bits per heavy atom. The summed E-state index contributed by atoms with van der Waals surface area (Å²) in [5.74, 6) is -6.17. The minimum absolute atomic E-state index is 0.0176. The number of likely N-dealkylation sites (N-methyl/N-ethyl adjacent to an activating group) is 1. The molecule has 0 aliphatic carbocycles. The van der Waals surface area contributed by atoms with Gasteiger partial charge in [0.05, 0.1) is 17.2 Å². The third-order valence-corrected chi connectivity index (χ3v) is 12.3. The van der Waals surface area contributed by atoms with Crippen molar-refractivity contribution in [3.8, 4) is 0 Å². The number of aliphatic hydroxyl groups is 2. The SMILES string of the molecule is C/C=C1\NC(=O)C2CSC(=N2)C2CC(C)N2C(=O)C(CC(C)C)NC(=O)C(C)NC(=O)C(O)COC(=O)C(C(C)C)N(C)C(=O)C(C(C)O)NC(=O)C2CCCCN2C1=O. The van der Waals surface area contributed by atoms with Crippen molar-refractivity contribution in [2.24, 2.45) is 16.8 Å². The van der Waals surface area contributed by atoms with Crippen molar-refractivity contribution < 1.29 is 53.3 Å². The standard InChI is InChI=1S/C40H62N8O11S/c1-10-24-37(55)47-14-12-11-13-27(47)34(53)45-30(23(8)49)39(57)46(9)31(20(4)5)40(58)59-17-29(50)35(54)41-22(7)32(51)43-25(15-19(2)3)38(56)48-21(6)16-28(48)36-44-26(18-60-36)33(52)42-24/h10,19-23,25-31,49-50H,11-18H2,1-9H3,(H,41,54)(H,42,52)(H,43,51)(H,45,53)/b24-10-. The lowest BCUT2D eigenvalue weighted by molar-refractivity contribution is -0.161. The number of carbonyl (C=O) groups excluding carboxylic acids is 8. The van der Waals surface area contributed by atoms with Crippen LogP contribution < -0.4 is 21.3 Å². The van der Waals surface area contributed by atoms with Crippen LogP contribution >= 0.6 is 11.8 Å². The lowest BCUT2D eigenvalue weighted by atomic mass is 9.91. The van der Waals surface area contributed by atoms with Crippen LogP contribution in [0.15, 0.2) is 16.8 Å². The number of carbonyl (C=O) groups is 8. The normalized spacial score (nSPS) is 32.5. The van der Waals surface area contributed by atoms with Crippen molar-refractivity contribution in [1.29, 1.82) is 0 Å². The van der Waals surface area contributed by atoms with E-state index in [0.717, 1.165) is 4.90 Å². The first-order valence-corrected chi connectivity index (χ1v) is 21.7. The molecule has 20 heteroatoms. The number of hydrogen-bond donors (Lipinski definition) is 6. The van der Waals surface area contributed by atoms with Crippen molar-refractivity contribution in [3.63, 3.8) is 0 Å². The molecular weight excluding hydrogens is 801 g/mol. The van der Waals surface area contributed by atoms with Gasteiger partial charge in [0.25, 0.3) is 11.8 Å². The summed E-state index contributed by atoms with van der Waals surface area (Å²) >= 11 is 1.32. The highest BCUT2D eigenvalue weighted by Gasteiger charge is 2.47. The van der Waals surface area contributed by atoms with Gasteiger partial charge in [0.2, 0.25) is 29.5 Å². The number of rotatable bonds is 4. The van der Waals surface area contributed by atoms with Gasteiger partial charge in [-0.2, -0.15) is 0 Å². The van der Waals surface area contributed by atoms with E-state index in [1.54, 1.807) is 25.7 Å². The van der Waals surface area contributed by atoms with Gasteiger partial charge in [-0.25, -0.2) is 4.79 Å². The van der Waals surface area contributed by atoms with Crippen molar-refractivity contribution in [1.82, 2.24) is 36.0 Å². The first kappa shape index (κ1) is 48.1. The Morgan fingerprint density at radius 2 is 1.58 bits per heavy atom. The molecule has 10 unspecified atom stereocenters. The van der Waals surface area contributed by atoms with Gasteiger partial charge >= 0.3 is 5.97 Å². The maximum atomic E-state index is 14.1. The van der Waals surface area contributed by atoms with Gasteiger partial charge in [0, 0.05) is 25.4 Å². The average molecular weight is 863 g/mol. The second-order valence-corrected chi connectivity index (χ2v) is 17.8. The number of nitrogens with one attached hydrogen (secondary N) is 4. The van der Waals surface area contributed by atoms with Gasteiger partial charge in [-0.05, 0) is 71.6 Å². The highest BCUT2D eigenvalue weighted by Crippen LogP contribution is 2.35. The van der Waals surface area contributed by atoms with Crippen molar-refractivity contribution in [2.75, 3.05) is 26.0 Å². The molecule has 4 rings (SSSR count). The molecule has 4 aliphatic rings. The molecule has 19 nitrogen and oxygen atoms in total. The van der Waals surface area contributed by atoms with E-state index in [1.165, 1.54) is 43.6 Å². The number of allylic oxidation sites excluding steroid dienone is 1. The van der Waals surface area contributed by atoms with Crippen molar-refractivity contribution >= 4 is 64.1 Å². The van der Waals surface area contributed by atoms with E-state index < -0.39 is 108 Å². The molecule has 60 heavy (non-hydrogen) atoms. The molecule has 0 aromatic heterocycles. The molecule has 2 saturated heterocycles. The van der Waals surface area contributed by atoms with Crippen LogP contribution in [-0.2, 0) is 43.1 Å². The second kappa shape index (κ2) is 20.8. The van der Waals surface area contributed by atoms with Crippen LogP contribution in [0.2, 0.25) is 0 Å². The Labute approximate surface area is 355 Å². The first-order chi connectivity index (χ1) is 28.2. The maximum absolute atomic E-state index is 14.1. The fourth-order valence-electron chi connectivity index (χ4n) is 7.83. The fourth-order valence-corrected chi connectivity index (χ4v) is 8.98. The van der Waals surface area contributed by atoms with E-state index in [-0.39, 0.29) is 48.7 Å². The van der Waals surface area contributed by atoms with Crippen LogP contribution in [-0.4, -0.2) is 164 Å². The number of esters is 1. The molecule has 4 aliphatic heterocycles. The van der Waals surface area contributed by atoms with Crippen LogP contribution in [0.1, 0.15) is 87.5 Å². The summed E-state index contributed by atoms with van der Waals surface area (Å²) < 4.78 is 5.29. The Bertz CT molecular complexity index is 1740. The highest BCUT2D eigenvalue weighted by atomic mass is 32.2. The van der Waals surface area contributed by atoms with Gasteiger partial charge in [-0.1, -0.05) is 33.8 Å². The molecule has 4 heterocycles. The predicted octanol–water partition coefficient (Wildman–Crippen LogP) is -0.807. The number of aliphatic hydroxyl groups excluding tert-OH is 2. The minimum atomic E-state index is -1.91. The van der Waals surface area contributed by atoms with Crippen LogP contribution in [0.25, 0.3) is 0 Å². The molecule has 0 spiro atoms. The number of thioether (sulfide) groups is 1. The van der Waals surface area contributed by atoms with Crippen LogP contribution in [0.5, 0.6) is 0 Å². The zero-order valence-electron chi connectivity index (χ0n) is 35.9. The summed E-state index contributed by atoms with van der Waals surface area (Å²) in [5, 5.41) is 32.3. The van der Waals surface area contributed by atoms with Crippen molar-refractivity contribution in [2.45, 2.75) is 148 Å². The number of amides is 7. The monoisotopic (exact) mass is 862 g/mol. The fraction of sp³-hybridized carbons (Fsp3) is 0.725. The van der Waals surface area contributed by atoms with E-state index in [1.807, 2.05) is 20.8 Å². The number of ether oxygens (including phenoxy) is 1. The Kier molecular flexibility index (Phi) is 16.7. The number of aliphatic imine (C=N–C) groups is 1. The maximum Gasteiger partial charge on any atom is 0.329 e. The molecule has 6 N–H and O–H groups in total. The van der Waals surface area contributed by atoms with E-state index in [9.17, 15) is 48.6 Å². The quantitative estimate of drug-likeness (QED) is 0.150. The zero-order chi connectivity index (χ0) is 44.7. The average Bonchev–Trinajstić information content (AvgIpc) is 3.68. The van der Waals surface area contributed by atoms with E-state index >= 15 is 0 Å². The van der Waals surface area contributed by atoms with E-state index in [0.29, 0.717) is 24.3 Å². The Hall–Kier alpha value is -4.56. The molecule has 7 amide bonds. The number of hydrogen-bond acceptors (Lipinski definition) is 13.